The third kappa shape index (κ3) is 2.26. The van der Waals surface area contributed by atoms with E-state index in [-0.39, 0.29) is 12.1 Å². The minimum Gasteiger partial charge on any atom is -0.467 e. The minimum absolute atomic E-state index is 0.0107. The van der Waals surface area contributed by atoms with Crippen LogP contribution in [0.4, 0.5) is 5.95 Å². The quantitative estimate of drug-likeness (QED) is 0.758. The molecule has 1 N–H and O–H groups in total. The van der Waals surface area contributed by atoms with Crippen LogP contribution in [0, 0.1) is 0 Å². The molecule has 0 spiro atoms. The molecule has 2 atom stereocenters. The number of aromatic nitrogens is 3. The minimum atomic E-state index is -0.0227. The van der Waals surface area contributed by atoms with E-state index in [1.807, 2.05) is 28.9 Å². The SMILES string of the molecule is Clc1ccc([C@@H]2C[C@@H](c3ccco3)n3ncnc3N2)c(Cl)c1. The average Bonchev–Trinajstić information content (AvgIpc) is 3.17. The fraction of sp³-hybridized carbons (Fsp3) is 0.200. The number of nitrogens with one attached hydrogen (secondary N) is 1. The summed E-state index contributed by atoms with van der Waals surface area (Å²) in [5.74, 6) is 1.55. The van der Waals surface area contributed by atoms with Gasteiger partial charge >= 0.3 is 0 Å². The van der Waals surface area contributed by atoms with Crippen molar-refractivity contribution in [2.75, 3.05) is 5.32 Å². The first-order valence-corrected chi connectivity index (χ1v) is 7.62. The van der Waals surface area contributed by atoms with Crippen LogP contribution in [0.3, 0.4) is 0 Å². The lowest BCUT2D eigenvalue weighted by molar-refractivity contribution is 0.358. The van der Waals surface area contributed by atoms with E-state index in [1.165, 1.54) is 6.33 Å². The number of benzene rings is 1. The van der Waals surface area contributed by atoms with E-state index in [0.29, 0.717) is 16.0 Å². The van der Waals surface area contributed by atoms with E-state index in [0.717, 1.165) is 17.7 Å². The van der Waals surface area contributed by atoms with Crippen molar-refractivity contribution in [2.45, 2.75) is 18.5 Å². The van der Waals surface area contributed by atoms with Gasteiger partial charge in [0.15, 0.2) is 0 Å². The molecule has 3 heterocycles. The van der Waals surface area contributed by atoms with E-state index in [1.54, 1.807) is 12.3 Å². The molecule has 0 saturated carbocycles. The Morgan fingerprint density at radius 3 is 2.95 bits per heavy atom. The van der Waals surface area contributed by atoms with E-state index in [4.69, 9.17) is 27.6 Å². The highest BCUT2D eigenvalue weighted by atomic mass is 35.5. The van der Waals surface area contributed by atoms with Crippen molar-refractivity contribution in [3.63, 3.8) is 0 Å². The molecular formula is C15H12Cl2N4O. The summed E-state index contributed by atoms with van der Waals surface area (Å²) in [6.07, 6.45) is 3.95. The summed E-state index contributed by atoms with van der Waals surface area (Å²) >= 11 is 12.3. The lowest BCUT2D eigenvalue weighted by atomic mass is 9.96. The Labute approximate surface area is 136 Å². The molecule has 0 radical (unpaired) electrons. The number of fused-ring (bicyclic) bond motifs is 1. The summed E-state index contributed by atoms with van der Waals surface area (Å²) in [5.41, 5.74) is 0.983. The molecule has 0 unspecified atom stereocenters. The molecule has 0 amide bonds. The van der Waals surface area contributed by atoms with E-state index < -0.39 is 0 Å². The molecule has 1 aromatic carbocycles. The highest BCUT2D eigenvalue weighted by molar-refractivity contribution is 6.35. The molecule has 1 aliphatic rings. The normalized spacial score (nSPS) is 20.5. The van der Waals surface area contributed by atoms with Gasteiger partial charge in [-0.05, 0) is 29.8 Å². The molecule has 0 bridgehead atoms. The van der Waals surface area contributed by atoms with Gasteiger partial charge in [-0.1, -0.05) is 29.3 Å². The highest BCUT2D eigenvalue weighted by Crippen LogP contribution is 2.39. The first-order valence-electron chi connectivity index (χ1n) is 6.87. The molecule has 4 rings (SSSR count). The van der Waals surface area contributed by atoms with Crippen molar-refractivity contribution in [3.05, 3.63) is 64.3 Å². The van der Waals surface area contributed by atoms with Crippen molar-refractivity contribution in [2.24, 2.45) is 0 Å². The monoisotopic (exact) mass is 334 g/mol. The number of anilines is 1. The molecule has 1 aliphatic heterocycles. The zero-order valence-corrected chi connectivity index (χ0v) is 12.9. The number of rotatable bonds is 2. The van der Waals surface area contributed by atoms with Crippen molar-refractivity contribution in [1.29, 1.82) is 0 Å². The van der Waals surface area contributed by atoms with Crippen LogP contribution in [-0.2, 0) is 0 Å². The molecule has 5 nitrogen and oxygen atoms in total. The Morgan fingerprint density at radius 2 is 2.18 bits per heavy atom. The zero-order valence-electron chi connectivity index (χ0n) is 11.4. The van der Waals surface area contributed by atoms with Gasteiger partial charge < -0.3 is 9.73 Å². The van der Waals surface area contributed by atoms with Crippen molar-refractivity contribution in [3.8, 4) is 0 Å². The smallest absolute Gasteiger partial charge is 0.222 e. The van der Waals surface area contributed by atoms with Gasteiger partial charge in [0, 0.05) is 16.5 Å². The average molecular weight is 335 g/mol. The Morgan fingerprint density at radius 1 is 1.27 bits per heavy atom. The van der Waals surface area contributed by atoms with Crippen LogP contribution < -0.4 is 5.32 Å². The molecule has 0 fully saturated rings. The molecule has 3 aromatic rings. The molecule has 0 aliphatic carbocycles. The standard InChI is InChI=1S/C15H12Cl2N4O/c16-9-3-4-10(11(17)6-9)12-7-13(14-2-1-5-22-14)21-15(20-12)18-8-19-21/h1-6,8,12-13H,7H2,(H,18,19,20)/t12-,13-/m0/s1. The summed E-state index contributed by atoms with van der Waals surface area (Å²) in [7, 11) is 0. The molecule has 2 aromatic heterocycles. The molecular weight excluding hydrogens is 323 g/mol. The van der Waals surface area contributed by atoms with Gasteiger partial charge in [0.05, 0.1) is 12.3 Å². The lowest BCUT2D eigenvalue weighted by Gasteiger charge is -2.30. The maximum atomic E-state index is 6.35. The van der Waals surface area contributed by atoms with Gasteiger partial charge in [-0.3, -0.25) is 0 Å². The van der Waals surface area contributed by atoms with Crippen LogP contribution in [-0.4, -0.2) is 14.8 Å². The second-order valence-corrected chi connectivity index (χ2v) is 6.00. The van der Waals surface area contributed by atoms with Crippen LogP contribution in [0.25, 0.3) is 0 Å². The zero-order chi connectivity index (χ0) is 15.1. The number of furan rings is 1. The third-order valence-corrected chi connectivity index (χ3v) is 4.40. The predicted octanol–water partition coefficient (Wildman–Crippen LogP) is 4.32. The van der Waals surface area contributed by atoms with Gasteiger partial charge in [-0.25, -0.2) is 4.68 Å². The van der Waals surface area contributed by atoms with Crippen LogP contribution >= 0.6 is 23.2 Å². The maximum Gasteiger partial charge on any atom is 0.222 e. The predicted molar refractivity (Wildman–Crippen MR) is 84.3 cm³/mol. The topological polar surface area (TPSA) is 55.9 Å². The Balaban J connectivity index is 1.75. The largest absolute Gasteiger partial charge is 0.467 e. The molecule has 112 valence electrons. The molecule has 7 heteroatoms. The number of hydrogen-bond donors (Lipinski definition) is 1. The van der Waals surface area contributed by atoms with Crippen molar-refractivity contribution < 1.29 is 4.42 Å². The third-order valence-electron chi connectivity index (χ3n) is 3.84. The van der Waals surface area contributed by atoms with Gasteiger partial charge in [0.2, 0.25) is 5.95 Å². The van der Waals surface area contributed by atoms with Crippen LogP contribution in [0.15, 0.2) is 47.3 Å². The van der Waals surface area contributed by atoms with Crippen LogP contribution in [0.5, 0.6) is 0 Å². The number of nitrogens with zero attached hydrogens (tertiary/aromatic N) is 3. The Kier molecular flexibility index (Phi) is 3.32. The lowest BCUT2D eigenvalue weighted by Crippen LogP contribution is -2.28. The summed E-state index contributed by atoms with van der Waals surface area (Å²) in [4.78, 5) is 4.27. The van der Waals surface area contributed by atoms with E-state index in [9.17, 15) is 0 Å². The van der Waals surface area contributed by atoms with Gasteiger partial charge in [-0.2, -0.15) is 10.1 Å². The summed E-state index contributed by atoms with van der Waals surface area (Å²) in [6.45, 7) is 0. The van der Waals surface area contributed by atoms with E-state index in [2.05, 4.69) is 15.4 Å². The fourth-order valence-corrected chi connectivity index (χ4v) is 3.37. The second-order valence-electron chi connectivity index (χ2n) is 5.16. The van der Waals surface area contributed by atoms with Crippen molar-refractivity contribution in [1.82, 2.24) is 14.8 Å². The van der Waals surface area contributed by atoms with Crippen LogP contribution in [0.2, 0.25) is 10.0 Å². The first-order chi connectivity index (χ1) is 10.7. The molecule has 0 saturated heterocycles. The van der Waals surface area contributed by atoms with Crippen molar-refractivity contribution >= 4 is 29.2 Å². The van der Waals surface area contributed by atoms with Gasteiger partial charge in [0.1, 0.15) is 18.1 Å². The summed E-state index contributed by atoms with van der Waals surface area (Å²) < 4.78 is 7.39. The fourth-order valence-electron chi connectivity index (χ4n) is 2.83. The van der Waals surface area contributed by atoms with Crippen LogP contribution in [0.1, 0.15) is 29.8 Å². The first kappa shape index (κ1) is 13.7. The summed E-state index contributed by atoms with van der Waals surface area (Å²) in [5, 5.41) is 8.91. The van der Waals surface area contributed by atoms with E-state index >= 15 is 0 Å². The van der Waals surface area contributed by atoms with Gasteiger partial charge in [-0.15, -0.1) is 0 Å². The maximum absolute atomic E-state index is 6.35. The highest BCUT2D eigenvalue weighted by Gasteiger charge is 2.32. The Bertz CT molecular complexity index is 800. The summed E-state index contributed by atoms with van der Waals surface area (Å²) in [6, 6.07) is 9.34. The number of hydrogen-bond acceptors (Lipinski definition) is 4. The number of halogens is 2. The van der Waals surface area contributed by atoms with Gasteiger partial charge in [0.25, 0.3) is 0 Å². The molecule has 22 heavy (non-hydrogen) atoms. The Hall–Kier alpha value is -1.98. The second kappa shape index (κ2) is 5.34.